The molecule has 2 aliphatic heterocycles. The largest absolute Gasteiger partial charge is 0.341 e. The second-order valence-electron chi connectivity index (χ2n) is 7.21. The standard InChI is InChI=1S/C18H26ClN3O3S/c1-15-6-4-9-20(12-15)18(23)14-22-11-5-10-21(26(22,24)25)13-16-7-2-3-8-17(16)19/h2-3,7-8,15H,4-6,9-14H2,1H3/t15-/m1/s1. The van der Waals surface area contributed by atoms with Gasteiger partial charge in [0, 0.05) is 37.7 Å². The van der Waals surface area contributed by atoms with E-state index in [1.807, 2.05) is 18.2 Å². The quantitative estimate of drug-likeness (QED) is 0.780. The minimum atomic E-state index is -3.67. The molecule has 1 aromatic rings. The van der Waals surface area contributed by atoms with E-state index in [0.717, 1.165) is 31.5 Å². The molecule has 0 aliphatic carbocycles. The molecule has 2 heterocycles. The Morgan fingerprint density at radius 3 is 2.62 bits per heavy atom. The number of rotatable bonds is 4. The van der Waals surface area contributed by atoms with Crippen LogP contribution in [-0.2, 0) is 21.5 Å². The Hall–Kier alpha value is -1.15. The van der Waals surface area contributed by atoms with Gasteiger partial charge in [0.25, 0.3) is 10.2 Å². The van der Waals surface area contributed by atoms with E-state index in [2.05, 4.69) is 6.92 Å². The van der Waals surface area contributed by atoms with Crippen LogP contribution < -0.4 is 0 Å². The number of carbonyl (C=O) groups is 1. The van der Waals surface area contributed by atoms with Crippen LogP contribution in [0.5, 0.6) is 0 Å². The van der Waals surface area contributed by atoms with Crippen LogP contribution in [0.25, 0.3) is 0 Å². The van der Waals surface area contributed by atoms with Crippen LogP contribution in [0.15, 0.2) is 24.3 Å². The van der Waals surface area contributed by atoms with Gasteiger partial charge < -0.3 is 4.90 Å². The fourth-order valence-electron chi connectivity index (χ4n) is 3.62. The summed E-state index contributed by atoms with van der Waals surface area (Å²) in [4.78, 5) is 14.4. The maximum Gasteiger partial charge on any atom is 0.282 e. The molecule has 0 spiro atoms. The first-order valence-corrected chi connectivity index (χ1v) is 10.9. The summed E-state index contributed by atoms with van der Waals surface area (Å²) in [6.45, 7) is 4.55. The lowest BCUT2D eigenvalue weighted by Crippen LogP contribution is -2.53. The summed E-state index contributed by atoms with van der Waals surface area (Å²) < 4.78 is 28.6. The second-order valence-corrected chi connectivity index (χ2v) is 9.54. The van der Waals surface area contributed by atoms with Gasteiger partial charge in [-0.3, -0.25) is 4.79 Å². The van der Waals surface area contributed by atoms with Crippen LogP contribution in [0.4, 0.5) is 0 Å². The smallest absolute Gasteiger partial charge is 0.282 e. The second kappa shape index (κ2) is 8.25. The Balaban J connectivity index is 1.68. The number of hydrogen-bond acceptors (Lipinski definition) is 3. The average Bonchev–Trinajstić information content (AvgIpc) is 2.60. The molecular weight excluding hydrogens is 374 g/mol. The number of likely N-dealkylation sites (tertiary alicyclic amines) is 1. The molecule has 0 aromatic heterocycles. The molecule has 2 saturated heterocycles. The molecule has 8 heteroatoms. The predicted octanol–water partition coefficient (Wildman–Crippen LogP) is 2.35. The normalized spacial score (nSPS) is 24.5. The Kier molecular flexibility index (Phi) is 6.22. The van der Waals surface area contributed by atoms with Crippen LogP contribution >= 0.6 is 11.6 Å². The van der Waals surface area contributed by atoms with E-state index in [-0.39, 0.29) is 19.0 Å². The van der Waals surface area contributed by atoms with Gasteiger partial charge in [-0.15, -0.1) is 0 Å². The van der Waals surface area contributed by atoms with Crippen molar-refractivity contribution in [2.75, 3.05) is 32.7 Å². The van der Waals surface area contributed by atoms with Crippen LogP contribution in [0.1, 0.15) is 31.7 Å². The summed E-state index contributed by atoms with van der Waals surface area (Å²) in [5, 5.41) is 0.554. The van der Waals surface area contributed by atoms with E-state index in [9.17, 15) is 13.2 Å². The molecule has 0 bridgehead atoms. The Bertz CT molecular complexity index is 756. The molecule has 0 radical (unpaired) electrons. The third-order valence-electron chi connectivity index (χ3n) is 5.09. The van der Waals surface area contributed by atoms with Crippen molar-refractivity contribution in [1.82, 2.24) is 13.5 Å². The Morgan fingerprint density at radius 1 is 1.15 bits per heavy atom. The van der Waals surface area contributed by atoms with E-state index in [1.165, 1.54) is 8.61 Å². The summed E-state index contributed by atoms with van der Waals surface area (Å²) in [6.07, 6.45) is 2.81. The first-order valence-electron chi connectivity index (χ1n) is 9.14. The molecular formula is C18H26ClN3O3S. The van der Waals surface area contributed by atoms with Crippen molar-refractivity contribution in [3.05, 3.63) is 34.9 Å². The number of nitrogens with zero attached hydrogens (tertiary/aromatic N) is 3. The van der Waals surface area contributed by atoms with E-state index < -0.39 is 10.2 Å². The van der Waals surface area contributed by atoms with Crippen molar-refractivity contribution in [3.63, 3.8) is 0 Å². The van der Waals surface area contributed by atoms with Gasteiger partial charge in [-0.05, 0) is 36.8 Å². The van der Waals surface area contributed by atoms with Gasteiger partial charge in [-0.2, -0.15) is 17.0 Å². The average molecular weight is 400 g/mol. The van der Waals surface area contributed by atoms with Gasteiger partial charge in [0.2, 0.25) is 5.91 Å². The topological polar surface area (TPSA) is 60.9 Å². The Morgan fingerprint density at radius 2 is 1.88 bits per heavy atom. The number of benzene rings is 1. The zero-order valence-corrected chi connectivity index (χ0v) is 16.7. The zero-order chi connectivity index (χ0) is 18.7. The molecule has 1 aromatic carbocycles. The maximum absolute atomic E-state index is 12.9. The molecule has 1 atom stereocenters. The van der Waals surface area contributed by atoms with E-state index in [1.54, 1.807) is 11.0 Å². The number of hydrogen-bond donors (Lipinski definition) is 0. The maximum atomic E-state index is 12.9. The highest BCUT2D eigenvalue weighted by molar-refractivity contribution is 7.86. The number of amides is 1. The lowest BCUT2D eigenvalue weighted by Gasteiger charge is -2.37. The van der Waals surface area contributed by atoms with E-state index in [4.69, 9.17) is 11.6 Å². The highest BCUT2D eigenvalue weighted by Gasteiger charge is 2.36. The fourth-order valence-corrected chi connectivity index (χ4v) is 5.44. The molecule has 0 unspecified atom stereocenters. The van der Waals surface area contributed by atoms with Gasteiger partial charge in [-0.25, -0.2) is 0 Å². The summed E-state index contributed by atoms with van der Waals surface area (Å²) in [5.41, 5.74) is 0.774. The van der Waals surface area contributed by atoms with Gasteiger partial charge >= 0.3 is 0 Å². The molecule has 1 amide bonds. The molecule has 6 nitrogen and oxygen atoms in total. The first-order chi connectivity index (χ1) is 12.4. The molecule has 0 N–H and O–H groups in total. The predicted molar refractivity (Wildman–Crippen MR) is 102 cm³/mol. The molecule has 144 valence electrons. The third kappa shape index (κ3) is 4.39. The summed E-state index contributed by atoms with van der Waals surface area (Å²) in [7, 11) is -3.67. The minimum absolute atomic E-state index is 0.0753. The summed E-state index contributed by atoms with van der Waals surface area (Å²) in [6, 6.07) is 7.25. The molecule has 26 heavy (non-hydrogen) atoms. The van der Waals surface area contributed by atoms with E-state index in [0.29, 0.717) is 30.5 Å². The van der Waals surface area contributed by atoms with E-state index >= 15 is 0 Å². The van der Waals surface area contributed by atoms with Gasteiger partial charge in [-0.1, -0.05) is 36.7 Å². The number of carbonyl (C=O) groups excluding carboxylic acids is 1. The number of piperidine rings is 1. The van der Waals surface area contributed by atoms with Gasteiger partial charge in [0.1, 0.15) is 0 Å². The van der Waals surface area contributed by atoms with Crippen molar-refractivity contribution >= 4 is 27.7 Å². The Labute approximate surface area is 160 Å². The molecule has 2 aliphatic rings. The van der Waals surface area contributed by atoms with Crippen LogP contribution in [-0.4, -0.2) is 60.6 Å². The molecule has 0 saturated carbocycles. The van der Waals surface area contributed by atoms with Crippen LogP contribution in [0.3, 0.4) is 0 Å². The van der Waals surface area contributed by atoms with Gasteiger partial charge in [0.15, 0.2) is 0 Å². The molecule has 3 rings (SSSR count). The molecule has 2 fully saturated rings. The van der Waals surface area contributed by atoms with Crippen LogP contribution in [0, 0.1) is 5.92 Å². The monoisotopic (exact) mass is 399 g/mol. The fraction of sp³-hybridized carbons (Fsp3) is 0.611. The highest BCUT2D eigenvalue weighted by atomic mass is 35.5. The van der Waals surface area contributed by atoms with Crippen molar-refractivity contribution in [3.8, 4) is 0 Å². The highest BCUT2D eigenvalue weighted by Crippen LogP contribution is 2.23. The lowest BCUT2D eigenvalue weighted by atomic mass is 10.0. The lowest BCUT2D eigenvalue weighted by molar-refractivity contribution is -0.133. The third-order valence-corrected chi connectivity index (χ3v) is 7.39. The van der Waals surface area contributed by atoms with Crippen molar-refractivity contribution in [2.24, 2.45) is 5.92 Å². The van der Waals surface area contributed by atoms with Gasteiger partial charge in [0.05, 0.1) is 6.54 Å². The number of halogens is 1. The van der Waals surface area contributed by atoms with Crippen molar-refractivity contribution < 1.29 is 13.2 Å². The zero-order valence-electron chi connectivity index (χ0n) is 15.1. The summed E-state index contributed by atoms with van der Waals surface area (Å²) >= 11 is 6.18. The SMILES string of the molecule is C[C@@H]1CCCN(C(=O)CN2CCCN(Cc3ccccc3Cl)S2(=O)=O)C1. The van der Waals surface area contributed by atoms with Crippen molar-refractivity contribution in [1.29, 1.82) is 0 Å². The van der Waals surface area contributed by atoms with Crippen molar-refractivity contribution in [2.45, 2.75) is 32.7 Å². The van der Waals surface area contributed by atoms with Crippen LogP contribution in [0.2, 0.25) is 5.02 Å². The first kappa shape index (κ1) is 19.6. The summed E-state index contributed by atoms with van der Waals surface area (Å²) in [5.74, 6) is 0.377. The minimum Gasteiger partial charge on any atom is -0.341 e.